The van der Waals surface area contributed by atoms with E-state index in [0.717, 1.165) is 12.0 Å². The summed E-state index contributed by atoms with van der Waals surface area (Å²) < 4.78 is 0. The second-order valence-corrected chi connectivity index (χ2v) is 2.81. The van der Waals surface area contributed by atoms with Crippen LogP contribution in [0, 0.1) is 5.92 Å². The highest BCUT2D eigenvalue weighted by Gasteiger charge is 2.06. The fraction of sp³-hybridized carbons (Fsp3) is 0.500. The zero-order valence-corrected chi connectivity index (χ0v) is 6.25. The maximum atomic E-state index is 5.49. The van der Waals surface area contributed by atoms with Gasteiger partial charge in [0.2, 0.25) is 0 Å². The van der Waals surface area contributed by atoms with Gasteiger partial charge in [-0.25, -0.2) is 0 Å². The van der Waals surface area contributed by atoms with Gasteiger partial charge >= 0.3 is 0 Å². The highest BCUT2D eigenvalue weighted by Crippen LogP contribution is 2.15. The molecule has 0 amide bonds. The van der Waals surface area contributed by atoms with Crippen LogP contribution >= 0.6 is 0 Å². The van der Waals surface area contributed by atoms with Crippen LogP contribution in [-0.4, -0.2) is 6.17 Å². The smallest absolute Gasteiger partial charge is 0.0781 e. The van der Waals surface area contributed by atoms with Crippen molar-refractivity contribution in [3.63, 3.8) is 0 Å². The van der Waals surface area contributed by atoms with Crippen molar-refractivity contribution >= 4 is 0 Å². The van der Waals surface area contributed by atoms with Crippen molar-refractivity contribution in [3.8, 4) is 0 Å². The lowest BCUT2D eigenvalue weighted by Gasteiger charge is -2.14. The molecule has 2 heteroatoms. The van der Waals surface area contributed by atoms with E-state index >= 15 is 0 Å². The van der Waals surface area contributed by atoms with E-state index in [0.29, 0.717) is 5.92 Å². The van der Waals surface area contributed by atoms with Crippen molar-refractivity contribution in [2.24, 2.45) is 17.4 Å². The van der Waals surface area contributed by atoms with Crippen molar-refractivity contribution in [1.29, 1.82) is 0 Å². The van der Waals surface area contributed by atoms with E-state index in [4.69, 9.17) is 11.5 Å². The van der Waals surface area contributed by atoms with Gasteiger partial charge in [0, 0.05) is 0 Å². The Labute approximate surface area is 61.6 Å². The Morgan fingerprint density at radius 2 is 2.30 bits per heavy atom. The fourth-order valence-electron chi connectivity index (χ4n) is 1.09. The van der Waals surface area contributed by atoms with E-state index in [2.05, 4.69) is 19.1 Å². The van der Waals surface area contributed by atoms with Crippen LogP contribution in [0.2, 0.25) is 0 Å². The summed E-state index contributed by atoms with van der Waals surface area (Å²) >= 11 is 0. The molecule has 0 aromatic rings. The Morgan fingerprint density at radius 3 is 2.70 bits per heavy atom. The average Bonchev–Trinajstić information content (AvgIpc) is 1.88. The molecule has 1 aliphatic carbocycles. The number of hydrogen-bond donors (Lipinski definition) is 2. The summed E-state index contributed by atoms with van der Waals surface area (Å²) in [6, 6.07) is 0. The van der Waals surface area contributed by atoms with Crippen LogP contribution in [0.1, 0.15) is 13.3 Å². The summed E-state index contributed by atoms with van der Waals surface area (Å²) in [4.78, 5) is 0. The normalized spacial score (nSPS) is 25.2. The number of rotatable bonds is 1. The molecule has 0 aromatic carbocycles. The van der Waals surface area contributed by atoms with Gasteiger partial charge < -0.3 is 11.5 Å². The zero-order valence-electron chi connectivity index (χ0n) is 6.25. The molecular formula is C8H14N2. The Hall–Kier alpha value is -0.600. The fourth-order valence-corrected chi connectivity index (χ4v) is 1.09. The lowest BCUT2D eigenvalue weighted by atomic mass is 9.97. The second kappa shape index (κ2) is 2.99. The van der Waals surface area contributed by atoms with E-state index in [-0.39, 0.29) is 6.17 Å². The summed E-state index contributed by atoms with van der Waals surface area (Å²) in [5, 5.41) is 0. The van der Waals surface area contributed by atoms with Crippen molar-refractivity contribution in [1.82, 2.24) is 0 Å². The molecule has 0 aliphatic heterocycles. The minimum absolute atomic E-state index is 0.306. The monoisotopic (exact) mass is 138 g/mol. The largest absolute Gasteiger partial charge is 0.312 e. The molecule has 0 saturated carbocycles. The molecule has 0 heterocycles. The molecule has 0 saturated heterocycles. The summed E-state index contributed by atoms with van der Waals surface area (Å²) in [7, 11) is 0. The van der Waals surface area contributed by atoms with Crippen LogP contribution in [0.25, 0.3) is 0 Å². The van der Waals surface area contributed by atoms with Crippen molar-refractivity contribution in [2.75, 3.05) is 0 Å². The molecule has 1 aliphatic rings. The molecule has 0 radical (unpaired) electrons. The van der Waals surface area contributed by atoms with Gasteiger partial charge in [0.25, 0.3) is 0 Å². The Balaban J connectivity index is 2.66. The minimum atomic E-state index is -0.306. The summed E-state index contributed by atoms with van der Waals surface area (Å²) in [5.74, 6) is 0.592. The first kappa shape index (κ1) is 7.51. The average molecular weight is 138 g/mol. The number of nitrogens with two attached hydrogens (primary N) is 2. The van der Waals surface area contributed by atoms with Gasteiger partial charge in [0.05, 0.1) is 6.17 Å². The topological polar surface area (TPSA) is 52.0 Å². The summed E-state index contributed by atoms with van der Waals surface area (Å²) in [6.45, 7) is 2.16. The maximum Gasteiger partial charge on any atom is 0.0781 e. The third kappa shape index (κ3) is 1.69. The van der Waals surface area contributed by atoms with Gasteiger partial charge in [-0.3, -0.25) is 0 Å². The Bertz CT molecular complexity index is 168. The third-order valence-electron chi connectivity index (χ3n) is 1.68. The number of hydrogen-bond acceptors (Lipinski definition) is 2. The van der Waals surface area contributed by atoms with E-state index < -0.39 is 0 Å². The lowest BCUT2D eigenvalue weighted by molar-refractivity contribution is 0.705. The molecule has 0 bridgehead atoms. The molecule has 1 rings (SSSR count). The lowest BCUT2D eigenvalue weighted by Crippen LogP contribution is -2.32. The quantitative estimate of drug-likeness (QED) is 0.525. The molecular weight excluding hydrogens is 124 g/mol. The number of allylic oxidation sites excluding steroid dienone is 2. The van der Waals surface area contributed by atoms with Crippen LogP contribution in [0.3, 0.4) is 0 Å². The SMILES string of the molecule is CC1C=C(C(N)N)C=CC1. The Morgan fingerprint density at radius 1 is 1.60 bits per heavy atom. The van der Waals surface area contributed by atoms with Crippen molar-refractivity contribution in [2.45, 2.75) is 19.5 Å². The summed E-state index contributed by atoms with van der Waals surface area (Å²) in [6.07, 6.45) is 7.05. The highest BCUT2D eigenvalue weighted by atomic mass is 14.8. The van der Waals surface area contributed by atoms with Gasteiger partial charge in [-0.05, 0) is 17.9 Å². The summed E-state index contributed by atoms with van der Waals surface area (Å²) in [5.41, 5.74) is 12.0. The van der Waals surface area contributed by atoms with E-state index in [1.807, 2.05) is 6.08 Å². The predicted octanol–water partition coefficient (Wildman–Crippen LogP) is 0.752. The van der Waals surface area contributed by atoms with Crippen LogP contribution in [-0.2, 0) is 0 Å². The molecule has 1 atom stereocenters. The molecule has 56 valence electrons. The molecule has 0 spiro atoms. The molecule has 10 heavy (non-hydrogen) atoms. The minimum Gasteiger partial charge on any atom is -0.312 e. The van der Waals surface area contributed by atoms with Crippen LogP contribution in [0.5, 0.6) is 0 Å². The Kier molecular flexibility index (Phi) is 2.25. The zero-order chi connectivity index (χ0) is 7.56. The van der Waals surface area contributed by atoms with E-state index in [1.165, 1.54) is 0 Å². The van der Waals surface area contributed by atoms with Crippen LogP contribution in [0.15, 0.2) is 23.8 Å². The first-order chi connectivity index (χ1) is 4.70. The molecule has 0 fully saturated rings. The molecule has 4 N–H and O–H groups in total. The first-order valence-corrected chi connectivity index (χ1v) is 3.59. The van der Waals surface area contributed by atoms with Gasteiger partial charge in [-0.2, -0.15) is 0 Å². The maximum absolute atomic E-state index is 5.49. The molecule has 1 unspecified atom stereocenters. The van der Waals surface area contributed by atoms with Gasteiger partial charge in [0.15, 0.2) is 0 Å². The van der Waals surface area contributed by atoms with Crippen LogP contribution in [0.4, 0.5) is 0 Å². The molecule has 0 aromatic heterocycles. The third-order valence-corrected chi connectivity index (χ3v) is 1.68. The van der Waals surface area contributed by atoms with Crippen LogP contribution < -0.4 is 11.5 Å². The van der Waals surface area contributed by atoms with Gasteiger partial charge in [-0.15, -0.1) is 0 Å². The van der Waals surface area contributed by atoms with Crippen molar-refractivity contribution < 1.29 is 0 Å². The second-order valence-electron chi connectivity index (χ2n) is 2.81. The van der Waals surface area contributed by atoms with Gasteiger partial charge in [0.1, 0.15) is 0 Å². The standard InChI is InChI=1S/C8H14N2/c1-6-3-2-4-7(5-6)8(9)10/h2,4-6,8H,3,9-10H2,1H3. The van der Waals surface area contributed by atoms with E-state index in [9.17, 15) is 0 Å². The van der Waals surface area contributed by atoms with Crippen molar-refractivity contribution in [3.05, 3.63) is 23.8 Å². The first-order valence-electron chi connectivity index (χ1n) is 3.59. The predicted molar refractivity (Wildman–Crippen MR) is 43.2 cm³/mol. The van der Waals surface area contributed by atoms with Gasteiger partial charge in [-0.1, -0.05) is 25.2 Å². The highest BCUT2D eigenvalue weighted by molar-refractivity contribution is 5.27. The van der Waals surface area contributed by atoms with E-state index in [1.54, 1.807) is 0 Å². The molecule has 2 nitrogen and oxygen atoms in total.